The molecule has 0 heterocycles. The second kappa shape index (κ2) is 6.94. The van der Waals surface area contributed by atoms with Gasteiger partial charge in [0.05, 0.1) is 11.5 Å². The van der Waals surface area contributed by atoms with Crippen molar-refractivity contribution in [2.24, 2.45) is 0 Å². The van der Waals surface area contributed by atoms with Gasteiger partial charge in [0.25, 0.3) is 0 Å². The predicted octanol–water partition coefficient (Wildman–Crippen LogP) is 2.23. The summed E-state index contributed by atoms with van der Waals surface area (Å²) in [4.78, 5) is 12.6. The summed E-state index contributed by atoms with van der Waals surface area (Å²) in [5, 5.41) is 23.5. The fraction of sp³-hybridized carbons (Fsp3) is 0.538. The zero-order valence-corrected chi connectivity index (χ0v) is 11.6. The number of likely N-dealkylation sites (N-methyl/N-ethyl adjacent to an activating group) is 1. The molecule has 0 saturated heterocycles. The van der Waals surface area contributed by atoms with Gasteiger partial charge in [-0.2, -0.15) is 0 Å². The molecule has 0 aliphatic heterocycles. The fourth-order valence-corrected chi connectivity index (χ4v) is 1.77. The van der Waals surface area contributed by atoms with Crippen LogP contribution in [-0.2, 0) is 0 Å². The van der Waals surface area contributed by atoms with Gasteiger partial charge >= 0.3 is 5.69 Å². The highest BCUT2D eigenvalue weighted by atomic mass is 16.6. The molecule has 0 aliphatic rings. The minimum absolute atomic E-state index is 0.0544. The number of para-hydroxylation sites is 1. The third-order valence-electron chi connectivity index (χ3n) is 3.07. The van der Waals surface area contributed by atoms with Gasteiger partial charge in [-0.05, 0) is 25.5 Å². The lowest BCUT2D eigenvalue weighted by atomic mass is 10.2. The van der Waals surface area contributed by atoms with Crippen LogP contribution in [0.1, 0.15) is 20.3 Å². The van der Waals surface area contributed by atoms with E-state index in [0.29, 0.717) is 17.9 Å². The van der Waals surface area contributed by atoms with Gasteiger partial charge in [0, 0.05) is 19.6 Å². The van der Waals surface area contributed by atoms with E-state index in [4.69, 9.17) is 0 Å². The number of hydrogen-bond acceptors (Lipinski definition) is 5. The van der Waals surface area contributed by atoms with Crippen molar-refractivity contribution in [3.63, 3.8) is 0 Å². The average molecular weight is 267 g/mol. The standard InChI is InChI=1S/C13H21N3O3/c1-4-8-14-11-6-5-7-12(13(11)16(18)19)15(3)10(2)9-17/h5-7,10,14,17H,4,8-9H2,1-3H3. The fourth-order valence-electron chi connectivity index (χ4n) is 1.77. The van der Waals surface area contributed by atoms with E-state index in [1.807, 2.05) is 13.8 Å². The number of nitro benzene ring substituents is 1. The number of benzene rings is 1. The molecule has 2 N–H and O–H groups in total. The van der Waals surface area contributed by atoms with Gasteiger partial charge in [-0.1, -0.05) is 13.0 Å². The van der Waals surface area contributed by atoms with Crippen LogP contribution in [0.3, 0.4) is 0 Å². The molecule has 0 fully saturated rings. The topological polar surface area (TPSA) is 78.6 Å². The maximum atomic E-state index is 11.3. The highest BCUT2D eigenvalue weighted by Gasteiger charge is 2.23. The first-order chi connectivity index (χ1) is 9.02. The summed E-state index contributed by atoms with van der Waals surface area (Å²) in [6, 6.07) is 5.00. The first kappa shape index (κ1) is 15.2. The van der Waals surface area contributed by atoms with Crippen LogP contribution in [-0.4, -0.2) is 36.3 Å². The lowest BCUT2D eigenvalue weighted by Gasteiger charge is -2.25. The van der Waals surface area contributed by atoms with Crippen molar-refractivity contribution in [2.45, 2.75) is 26.3 Å². The number of nitro groups is 1. The molecular formula is C13H21N3O3. The van der Waals surface area contributed by atoms with Crippen LogP contribution < -0.4 is 10.2 Å². The molecule has 0 saturated carbocycles. The molecule has 1 aromatic carbocycles. The molecule has 1 aromatic rings. The van der Waals surface area contributed by atoms with Crippen molar-refractivity contribution in [3.8, 4) is 0 Å². The number of aliphatic hydroxyl groups is 1. The summed E-state index contributed by atoms with van der Waals surface area (Å²) in [5.41, 5.74) is 1.08. The van der Waals surface area contributed by atoms with E-state index in [9.17, 15) is 15.2 Å². The number of aliphatic hydroxyl groups excluding tert-OH is 1. The van der Waals surface area contributed by atoms with E-state index in [-0.39, 0.29) is 23.3 Å². The second-order valence-electron chi connectivity index (χ2n) is 4.50. The Morgan fingerprint density at radius 3 is 2.74 bits per heavy atom. The Bertz CT molecular complexity index is 437. The van der Waals surface area contributed by atoms with Crippen molar-refractivity contribution in [3.05, 3.63) is 28.3 Å². The van der Waals surface area contributed by atoms with Crippen molar-refractivity contribution in [1.82, 2.24) is 0 Å². The van der Waals surface area contributed by atoms with Crippen LogP contribution in [0.25, 0.3) is 0 Å². The van der Waals surface area contributed by atoms with Gasteiger partial charge in [0.1, 0.15) is 11.4 Å². The lowest BCUT2D eigenvalue weighted by Crippen LogP contribution is -2.32. The molecular weight excluding hydrogens is 246 g/mol. The molecule has 106 valence electrons. The Kier molecular flexibility index (Phi) is 5.57. The minimum Gasteiger partial charge on any atom is -0.394 e. The van der Waals surface area contributed by atoms with Crippen LogP contribution >= 0.6 is 0 Å². The molecule has 0 aliphatic carbocycles. The van der Waals surface area contributed by atoms with E-state index < -0.39 is 0 Å². The van der Waals surface area contributed by atoms with Gasteiger partial charge in [-0.15, -0.1) is 0 Å². The molecule has 19 heavy (non-hydrogen) atoms. The number of anilines is 2. The number of nitrogens with one attached hydrogen (secondary N) is 1. The summed E-state index contributed by atoms with van der Waals surface area (Å²) in [5.74, 6) is 0. The van der Waals surface area contributed by atoms with Crippen LogP contribution in [0.4, 0.5) is 17.1 Å². The maximum absolute atomic E-state index is 11.3. The molecule has 0 bridgehead atoms. The van der Waals surface area contributed by atoms with E-state index >= 15 is 0 Å². The highest BCUT2D eigenvalue weighted by molar-refractivity contribution is 5.77. The molecule has 1 atom stereocenters. The molecule has 0 radical (unpaired) electrons. The second-order valence-corrected chi connectivity index (χ2v) is 4.50. The molecule has 0 aromatic heterocycles. The third kappa shape index (κ3) is 3.57. The monoisotopic (exact) mass is 267 g/mol. The smallest absolute Gasteiger partial charge is 0.315 e. The number of rotatable bonds is 7. The highest BCUT2D eigenvalue weighted by Crippen LogP contribution is 2.35. The molecule has 0 amide bonds. The van der Waals surface area contributed by atoms with Crippen molar-refractivity contribution in [1.29, 1.82) is 0 Å². The third-order valence-corrected chi connectivity index (χ3v) is 3.07. The van der Waals surface area contributed by atoms with E-state index in [2.05, 4.69) is 5.32 Å². The Hall–Kier alpha value is -1.82. The van der Waals surface area contributed by atoms with Gasteiger partial charge in [-0.3, -0.25) is 10.1 Å². The van der Waals surface area contributed by atoms with Crippen molar-refractivity contribution in [2.75, 3.05) is 30.4 Å². The quantitative estimate of drug-likeness (QED) is 0.585. The molecule has 6 nitrogen and oxygen atoms in total. The van der Waals surface area contributed by atoms with Crippen LogP contribution in [0.15, 0.2) is 18.2 Å². The SMILES string of the molecule is CCCNc1cccc(N(C)C(C)CO)c1[N+](=O)[O-]. The van der Waals surface area contributed by atoms with E-state index in [1.54, 1.807) is 30.1 Å². The summed E-state index contributed by atoms with van der Waals surface area (Å²) >= 11 is 0. The normalized spacial score (nSPS) is 12.0. The molecule has 0 spiro atoms. The zero-order chi connectivity index (χ0) is 14.4. The Labute approximate surface area is 113 Å². The van der Waals surface area contributed by atoms with Crippen LogP contribution in [0.5, 0.6) is 0 Å². The van der Waals surface area contributed by atoms with Crippen molar-refractivity contribution >= 4 is 17.1 Å². The number of nitrogens with zero attached hydrogens (tertiary/aromatic N) is 2. The molecule has 1 rings (SSSR count). The molecule has 6 heteroatoms. The van der Waals surface area contributed by atoms with E-state index in [1.165, 1.54) is 0 Å². The van der Waals surface area contributed by atoms with Gasteiger partial charge in [0.15, 0.2) is 0 Å². The van der Waals surface area contributed by atoms with Crippen LogP contribution in [0, 0.1) is 10.1 Å². The summed E-state index contributed by atoms with van der Waals surface area (Å²) in [6.45, 7) is 4.45. The minimum atomic E-state index is -0.381. The van der Waals surface area contributed by atoms with Crippen molar-refractivity contribution < 1.29 is 10.0 Å². The first-order valence-corrected chi connectivity index (χ1v) is 6.37. The predicted molar refractivity (Wildman–Crippen MR) is 76.8 cm³/mol. The number of hydrogen-bond donors (Lipinski definition) is 2. The largest absolute Gasteiger partial charge is 0.394 e. The summed E-state index contributed by atoms with van der Waals surface area (Å²) in [6.07, 6.45) is 0.893. The average Bonchev–Trinajstić information content (AvgIpc) is 2.42. The summed E-state index contributed by atoms with van der Waals surface area (Å²) < 4.78 is 0. The Morgan fingerprint density at radius 1 is 1.53 bits per heavy atom. The van der Waals surface area contributed by atoms with E-state index in [0.717, 1.165) is 6.42 Å². The first-order valence-electron chi connectivity index (χ1n) is 6.37. The van der Waals surface area contributed by atoms with Crippen LogP contribution in [0.2, 0.25) is 0 Å². The lowest BCUT2D eigenvalue weighted by molar-refractivity contribution is -0.383. The van der Waals surface area contributed by atoms with Gasteiger partial charge < -0.3 is 15.3 Å². The molecule has 1 unspecified atom stereocenters. The Balaban J connectivity index is 3.19. The summed E-state index contributed by atoms with van der Waals surface area (Å²) in [7, 11) is 1.74. The Morgan fingerprint density at radius 2 is 2.21 bits per heavy atom. The maximum Gasteiger partial charge on any atom is 0.315 e. The van der Waals surface area contributed by atoms with Gasteiger partial charge in [0.2, 0.25) is 0 Å². The zero-order valence-electron chi connectivity index (χ0n) is 11.6. The van der Waals surface area contributed by atoms with Gasteiger partial charge in [-0.25, -0.2) is 0 Å².